The van der Waals surface area contributed by atoms with Crippen molar-refractivity contribution in [2.45, 2.75) is 71.1 Å². The van der Waals surface area contributed by atoms with Gasteiger partial charge in [0.25, 0.3) is 10.1 Å². The van der Waals surface area contributed by atoms with E-state index in [0.717, 1.165) is 19.3 Å². The van der Waals surface area contributed by atoms with Gasteiger partial charge in [0.2, 0.25) is 5.91 Å². The van der Waals surface area contributed by atoms with Gasteiger partial charge in [0.15, 0.2) is 0 Å². The van der Waals surface area contributed by atoms with Gasteiger partial charge < -0.3 is 5.32 Å². The molecule has 0 aromatic heterocycles. The molecule has 2 N–H and O–H groups in total. The van der Waals surface area contributed by atoms with Crippen LogP contribution in [0.2, 0.25) is 0 Å². The molecule has 5 nitrogen and oxygen atoms in total. The summed E-state index contributed by atoms with van der Waals surface area (Å²) in [5, 5.41) is 2.49. The van der Waals surface area contributed by atoms with Crippen molar-refractivity contribution in [3.05, 3.63) is 0 Å². The van der Waals surface area contributed by atoms with E-state index in [4.69, 9.17) is 4.55 Å². The van der Waals surface area contributed by atoms with Crippen LogP contribution in [0.3, 0.4) is 0 Å². The molecule has 0 saturated carbocycles. The normalized spacial score (nSPS) is 11.0. The number of hydrogen-bond donors (Lipinski definition) is 2. The zero-order valence-electron chi connectivity index (χ0n) is 13.3. The predicted octanol–water partition coefficient (Wildman–Crippen LogP) is 2.53. The van der Waals surface area contributed by atoms with Crippen molar-refractivity contribution in [1.82, 2.24) is 5.32 Å². The molecular weight excluding hydrogens is 416 g/mol. The monoisotopic (exact) mass is 445 g/mol. The van der Waals surface area contributed by atoms with Crippen LogP contribution in [0.1, 0.15) is 71.1 Å². The third kappa shape index (κ3) is 21.0. The summed E-state index contributed by atoms with van der Waals surface area (Å²) in [5.74, 6) is -0.562. The van der Waals surface area contributed by atoms with Gasteiger partial charge in [0.1, 0.15) is 0 Å². The SMILES string of the molecule is CCCCCCCCCCCC(=O)NCCS(=O)(=O)O.[Ba+2]. The zero-order chi connectivity index (χ0) is 15.3. The first kappa shape index (κ1) is 24.2. The standard InChI is InChI=1S/C14H29NO4S.Ba/c1-2-3-4-5-6-7-8-9-10-11-14(16)15-12-13-20(17,18)19;/h2-13H2,1H3,(H,15,16)(H,17,18,19);/q;+2. The largest absolute Gasteiger partial charge is 2.00 e. The molecule has 0 radical (unpaired) electrons. The molecule has 1 amide bonds. The fourth-order valence-corrected chi connectivity index (χ4v) is 2.36. The Bertz CT molecular complexity index is 347. The van der Waals surface area contributed by atoms with E-state index >= 15 is 0 Å². The number of carbonyl (C=O) groups excluding carboxylic acids is 1. The minimum Gasteiger partial charge on any atom is -0.355 e. The first-order chi connectivity index (χ1) is 9.45. The fourth-order valence-electron chi connectivity index (χ4n) is 2.00. The van der Waals surface area contributed by atoms with E-state index in [1.54, 1.807) is 0 Å². The average molecular weight is 445 g/mol. The molecule has 0 atom stereocenters. The van der Waals surface area contributed by atoms with Crippen molar-refractivity contribution < 1.29 is 17.8 Å². The van der Waals surface area contributed by atoms with Gasteiger partial charge >= 0.3 is 48.9 Å². The van der Waals surface area contributed by atoms with Crippen LogP contribution in [0.25, 0.3) is 0 Å². The Hall–Kier alpha value is 0.951. The summed E-state index contributed by atoms with van der Waals surface area (Å²) in [7, 11) is -3.98. The number of unbranched alkanes of at least 4 members (excludes halogenated alkanes) is 8. The van der Waals surface area contributed by atoms with Crippen LogP contribution in [-0.2, 0) is 14.9 Å². The molecule has 0 aromatic rings. The van der Waals surface area contributed by atoms with E-state index in [2.05, 4.69) is 12.2 Å². The summed E-state index contributed by atoms with van der Waals surface area (Å²) >= 11 is 0. The Morgan fingerprint density at radius 1 is 0.952 bits per heavy atom. The van der Waals surface area contributed by atoms with Gasteiger partial charge in [-0.2, -0.15) is 8.42 Å². The van der Waals surface area contributed by atoms with E-state index < -0.39 is 15.9 Å². The van der Waals surface area contributed by atoms with Crippen molar-refractivity contribution in [3.63, 3.8) is 0 Å². The third-order valence-electron chi connectivity index (χ3n) is 3.19. The molecule has 0 spiro atoms. The van der Waals surface area contributed by atoms with Gasteiger partial charge in [0, 0.05) is 13.0 Å². The van der Waals surface area contributed by atoms with Gasteiger partial charge in [0.05, 0.1) is 5.75 Å². The minimum absolute atomic E-state index is 0. The smallest absolute Gasteiger partial charge is 0.355 e. The first-order valence-electron chi connectivity index (χ1n) is 7.67. The quantitative estimate of drug-likeness (QED) is 0.260. The molecule has 0 aliphatic heterocycles. The van der Waals surface area contributed by atoms with E-state index in [1.165, 1.54) is 38.5 Å². The van der Waals surface area contributed by atoms with Crippen LogP contribution in [0.4, 0.5) is 0 Å². The second-order valence-electron chi connectivity index (χ2n) is 5.21. The van der Waals surface area contributed by atoms with Crippen LogP contribution in [0.15, 0.2) is 0 Å². The Balaban J connectivity index is 0. The summed E-state index contributed by atoms with van der Waals surface area (Å²) in [5.41, 5.74) is 0. The van der Waals surface area contributed by atoms with Crippen molar-refractivity contribution in [1.29, 1.82) is 0 Å². The van der Waals surface area contributed by atoms with Gasteiger partial charge in [-0.25, -0.2) is 0 Å². The molecule has 0 unspecified atom stereocenters. The first-order valence-corrected chi connectivity index (χ1v) is 9.28. The Morgan fingerprint density at radius 2 is 1.43 bits per heavy atom. The Kier molecular flexibility index (Phi) is 18.3. The molecule has 0 bridgehead atoms. The van der Waals surface area contributed by atoms with E-state index in [1.807, 2.05) is 0 Å². The summed E-state index contributed by atoms with van der Waals surface area (Å²) in [4.78, 5) is 11.3. The summed E-state index contributed by atoms with van der Waals surface area (Å²) < 4.78 is 29.4. The van der Waals surface area contributed by atoms with Crippen molar-refractivity contribution >= 4 is 64.9 Å². The summed E-state index contributed by atoms with van der Waals surface area (Å²) in [6, 6.07) is 0. The van der Waals surface area contributed by atoms with Crippen LogP contribution < -0.4 is 5.32 Å². The van der Waals surface area contributed by atoms with Crippen molar-refractivity contribution in [2.24, 2.45) is 0 Å². The molecule has 120 valence electrons. The number of rotatable bonds is 13. The molecule has 0 heterocycles. The van der Waals surface area contributed by atoms with E-state index in [0.29, 0.717) is 6.42 Å². The maximum atomic E-state index is 11.3. The summed E-state index contributed by atoms with van der Waals surface area (Å²) in [6.45, 7) is 2.19. The Morgan fingerprint density at radius 3 is 1.90 bits per heavy atom. The van der Waals surface area contributed by atoms with Crippen molar-refractivity contribution in [2.75, 3.05) is 12.3 Å². The number of hydrogen-bond acceptors (Lipinski definition) is 3. The zero-order valence-corrected chi connectivity index (χ0v) is 18.5. The number of amides is 1. The number of nitrogens with one attached hydrogen (secondary N) is 1. The Labute approximate surface area is 169 Å². The van der Waals surface area contributed by atoms with E-state index in [-0.39, 0.29) is 61.3 Å². The fraction of sp³-hybridized carbons (Fsp3) is 0.929. The predicted molar refractivity (Wildman–Crippen MR) is 87.0 cm³/mol. The molecule has 0 aliphatic carbocycles. The molecule has 0 saturated heterocycles. The average Bonchev–Trinajstić information content (AvgIpc) is 2.35. The minimum atomic E-state index is -3.98. The van der Waals surface area contributed by atoms with Crippen LogP contribution in [0.5, 0.6) is 0 Å². The maximum Gasteiger partial charge on any atom is 2.00 e. The van der Waals surface area contributed by atoms with Crippen LogP contribution in [0, 0.1) is 0 Å². The molecule has 7 heteroatoms. The van der Waals surface area contributed by atoms with Gasteiger partial charge in [-0.15, -0.1) is 0 Å². The third-order valence-corrected chi connectivity index (χ3v) is 3.91. The van der Waals surface area contributed by atoms with Gasteiger partial charge in [-0.3, -0.25) is 9.35 Å². The second kappa shape index (κ2) is 15.8. The molecule has 0 aromatic carbocycles. The van der Waals surface area contributed by atoms with Gasteiger partial charge in [-0.1, -0.05) is 58.3 Å². The topological polar surface area (TPSA) is 83.5 Å². The molecule has 21 heavy (non-hydrogen) atoms. The summed E-state index contributed by atoms with van der Waals surface area (Å²) in [6.07, 6.45) is 11.2. The van der Waals surface area contributed by atoms with Crippen LogP contribution >= 0.6 is 0 Å². The van der Waals surface area contributed by atoms with E-state index in [9.17, 15) is 13.2 Å². The molecule has 0 fully saturated rings. The number of carbonyl (C=O) groups is 1. The van der Waals surface area contributed by atoms with Crippen molar-refractivity contribution in [3.8, 4) is 0 Å². The molecule has 0 aliphatic rings. The molecule has 0 rings (SSSR count). The molecular formula is C14H29BaNO4S+2. The van der Waals surface area contributed by atoms with Crippen LogP contribution in [-0.4, -0.2) is 80.1 Å². The van der Waals surface area contributed by atoms with Gasteiger partial charge in [-0.05, 0) is 6.42 Å². The second-order valence-corrected chi connectivity index (χ2v) is 6.79. The maximum absolute atomic E-state index is 11.3.